The van der Waals surface area contributed by atoms with E-state index in [-0.39, 0.29) is 17.3 Å². The molecule has 1 heterocycles. The van der Waals surface area contributed by atoms with Crippen LogP contribution in [-0.2, 0) is 14.3 Å². The summed E-state index contributed by atoms with van der Waals surface area (Å²) in [5, 5.41) is 3.29. The number of hydrogen-bond donors (Lipinski definition) is 1. The molecule has 1 N–H and O–H groups in total. The number of carbonyl (C=O) groups is 1. The summed E-state index contributed by atoms with van der Waals surface area (Å²) >= 11 is 0. The van der Waals surface area contributed by atoms with Crippen molar-refractivity contribution in [3.05, 3.63) is 0 Å². The van der Waals surface area contributed by atoms with E-state index in [4.69, 9.17) is 9.47 Å². The molecule has 4 heteroatoms. The Labute approximate surface area is 90.3 Å². The molecule has 0 aromatic heterocycles. The van der Waals surface area contributed by atoms with Gasteiger partial charge in [0.25, 0.3) is 0 Å². The first-order valence-corrected chi connectivity index (χ1v) is 5.62. The van der Waals surface area contributed by atoms with Crippen molar-refractivity contribution in [3.63, 3.8) is 0 Å². The van der Waals surface area contributed by atoms with Crippen LogP contribution in [0.1, 0.15) is 19.8 Å². The van der Waals surface area contributed by atoms with Crippen molar-refractivity contribution >= 4 is 5.97 Å². The highest BCUT2D eigenvalue weighted by Crippen LogP contribution is 2.50. The molecule has 1 atom stereocenters. The highest BCUT2D eigenvalue weighted by molar-refractivity contribution is 5.74. The number of rotatable bonds is 3. The summed E-state index contributed by atoms with van der Waals surface area (Å²) in [6, 6.07) is 0. The molecular weight excluding hydrogens is 194 g/mol. The molecule has 1 saturated carbocycles. The standard InChI is InChI=1S/C11H19NO3/c1-3-15-8-4-11(5-8)7-12-6-9(11)10(13)14-2/h8-9,12H,3-7H2,1-2H3. The first kappa shape index (κ1) is 10.9. The van der Waals surface area contributed by atoms with E-state index >= 15 is 0 Å². The molecule has 2 fully saturated rings. The zero-order chi connectivity index (χ0) is 10.9. The van der Waals surface area contributed by atoms with Crippen molar-refractivity contribution in [3.8, 4) is 0 Å². The van der Waals surface area contributed by atoms with Gasteiger partial charge in [-0.3, -0.25) is 4.79 Å². The van der Waals surface area contributed by atoms with Crippen LogP contribution in [0, 0.1) is 11.3 Å². The van der Waals surface area contributed by atoms with E-state index in [9.17, 15) is 4.79 Å². The third-order valence-electron chi connectivity index (χ3n) is 3.72. The van der Waals surface area contributed by atoms with Crippen molar-refractivity contribution in [2.24, 2.45) is 11.3 Å². The second-order valence-electron chi connectivity index (χ2n) is 4.55. The first-order valence-electron chi connectivity index (χ1n) is 5.62. The summed E-state index contributed by atoms with van der Waals surface area (Å²) in [5.41, 5.74) is 0.118. The Morgan fingerprint density at radius 2 is 2.27 bits per heavy atom. The second kappa shape index (κ2) is 4.10. The Balaban J connectivity index is 1.95. The van der Waals surface area contributed by atoms with E-state index in [2.05, 4.69) is 5.32 Å². The highest BCUT2D eigenvalue weighted by atomic mass is 16.5. The van der Waals surface area contributed by atoms with E-state index in [0.717, 1.165) is 32.5 Å². The lowest BCUT2D eigenvalue weighted by molar-refractivity contribution is -0.157. The van der Waals surface area contributed by atoms with Gasteiger partial charge in [0.05, 0.1) is 19.1 Å². The fourth-order valence-electron chi connectivity index (χ4n) is 2.91. The van der Waals surface area contributed by atoms with Crippen molar-refractivity contribution in [1.29, 1.82) is 0 Å². The van der Waals surface area contributed by atoms with Gasteiger partial charge in [0.2, 0.25) is 0 Å². The van der Waals surface area contributed by atoms with Crippen molar-refractivity contribution in [1.82, 2.24) is 5.32 Å². The summed E-state index contributed by atoms with van der Waals surface area (Å²) in [4.78, 5) is 11.6. The summed E-state index contributed by atoms with van der Waals surface area (Å²) < 4.78 is 10.4. The van der Waals surface area contributed by atoms with Gasteiger partial charge < -0.3 is 14.8 Å². The summed E-state index contributed by atoms with van der Waals surface area (Å²) in [6.45, 7) is 4.45. The van der Waals surface area contributed by atoms with E-state index in [0.29, 0.717) is 6.10 Å². The second-order valence-corrected chi connectivity index (χ2v) is 4.55. The molecular formula is C11H19NO3. The van der Waals surface area contributed by atoms with E-state index in [1.54, 1.807) is 0 Å². The maximum Gasteiger partial charge on any atom is 0.310 e. The quantitative estimate of drug-likeness (QED) is 0.696. The van der Waals surface area contributed by atoms with Gasteiger partial charge in [-0.05, 0) is 19.8 Å². The van der Waals surface area contributed by atoms with Crippen molar-refractivity contribution in [2.75, 3.05) is 26.8 Å². The average Bonchev–Trinajstić information content (AvgIpc) is 2.61. The predicted molar refractivity (Wildman–Crippen MR) is 55.5 cm³/mol. The van der Waals surface area contributed by atoms with Crippen LogP contribution in [0.3, 0.4) is 0 Å². The van der Waals surface area contributed by atoms with Crippen LogP contribution in [-0.4, -0.2) is 38.9 Å². The molecule has 1 spiro atoms. The van der Waals surface area contributed by atoms with Crippen LogP contribution < -0.4 is 5.32 Å². The van der Waals surface area contributed by atoms with Crippen LogP contribution in [0.5, 0.6) is 0 Å². The number of methoxy groups -OCH3 is 1. The van der Waals surface area contributed by atoms with E-state index < -0.39 is 0 Å². The number of hydrogen-bond acceptors (Lipinski definition) is 4. The van der Waals surface area contributed by atoms with Gasteiger partial charge in [-0.25, -0.2) is 0 Å². The Morgan fingerprint density at radius 1 is 1.53 bits per heavy atom. The lowest BCUT2D eigenvalue weighted by atomic mass is 9.61. The molecule has 0 amide bonds. The number of ether oxygens (including phenoxy) is 2. The SMILES string of the molecule is CCOC1CC2(CNCC2C(=O)OC)C1. The summed E-state index contributed by atoms with van der Waals surface area (Å²) in [5.74, 6) is -0.0471. The van der Waals surface area contributed by atoms with Gasteiger partial charge in [0.1, 0.15) is 0 Å². The van der Waals surface area contributed by atoms with Crippen molar-refractivity contribution < 1.29 is 14.3 Å². The molecule has 0 bridgehead atoms. The maximum atomic E-state index is 11.6. The lowest BCUT2D eigenvalue weighted by Gasteiger charge is -2.47. The van der Waals surface area contributed by atoms with Crippen molar-refractivity contribution in [2.45, 2.75) is 25.9 Å². The largest absolute Gasteiger partial charge is 0.469 e. The Bertz CT molecular complexity index is 248. The summed E-state index contributed by atoms with van der Waals surface area (Å²) in [7, 11) is 1.47. The van der Waals surface area contributed by atoms with Crippen LogP contribution in [0.4, 0.5) is 0 Å². The molecule has 2 aliphatic rings. The number of esters is 1. The summed E-state index contributed by atoms with van der Waals surface area (Å²) in [6.07, 6.45) is 2.34. The lowest BCUT2D eigenvalue weighted by Crippen LogP contribution is -2.50. The number of nitrogens with one attached hydrogen (secondary N) is 1. The minimum absolute atomic E-state index is 0.0270. The van der Waals surface area contributed by atoms with Gasteiger partial charge in [0, 0.05) is 25.1 Å². The van der Waals surface area contributed by atoms with E-state index in [1.165, 1.54) is 7.11 Å². The Morgan fingerprint density at radius 3 is 2.87 bits per heavy atom. The zero-order valence-corrected chi connectivity index (χ0v) is 9.41. The average molecular weight is 213 g/mol. The zero-order valence-electron chi connectivity index (χ0n) is 9.41. The van der Waals surface area contributed by atoms with Gasteiger partial charge >= 0.3 is 5.97 Å². The van der Waals surface area contributed by atoms with Gasteiger partial charge in [0.15, 0.2) is 0 Å². The molecule has 0 radical (unpaired) electrons. The van der Waals surface area contributed by atoms with Gasteiger partial charge in [-0.1, -0.05) is 0 Å². The normalized spacial score (nSPS) is 39.1. The molecule has 2 rings (SSSR count). The molecule has 1 saturated heterocycles. The smallest absolute Gasteiger partial charge is 0.310 e. The molecule has 1 aliphatic carbocycles. The third kappa shape index (κ3) is 1.76. The predicted octanol–water partition coefficient (Wildman–Crippen LogP) is 0.564. The third-order valence-corrected chi connectivity index (χ3v) is 3.72. The molecule has 15 heavy (non-hydrogen) atoms. The van der Waals surface area contributed by atoms with Gasteiger partial charge in [-0.2, -0.15) is 0 Å². The van der Waals surface area contributed by atoms with Crippen LogP contribution in [0.2, 0.25) is 0 Å². The van der Waals surface area contributed by atoms with E-state index in [1.807, 2.05) is 6.92 Å². The molecule has 1 aliphatic heterocycles. The minimum atomic E-state index is -0.0741. The first-order chi connectivity index (χ1) is 7.22. The Hall–Kier alpha value is -0.610. The van der Waals surface area contributed by atoms with Crippen LogP contribution >= 0.6 is 0 Å². The molecule has 86 valence electrons. The molecule has 0 aromatic carbocycles. The molecule has 4 nitrogen and oxygen atoms in total. The molecule has 0 aromatic rings. The minimum Gasteiger partial charge on any atom is -0.469 e. The van der Waals surface area contributed by atoms with Gasteiger partial charge in [-0.15, -0.1) is 0 Å². The fraction of sp³-hybridized carbons (Fsp3) is 0.909. The fourth-order valence-corrected chi connectivity index (χ4v) is 2.91. The highest BCUT2D eigenvalue weighted by Gasteiger charge is 2.55. The maximum absolute atomic E-state index is 11.6. The molecule has 1 unspecified atom stereocenters. The van der Waals surface area contributed by atoms with Crippen LogP contribution in [0.15, 0.2) is 0 Å². The topological polar surface area (TPSA) is 47.6 Å². The van der Waals surface area contributed by atoms with Crippen LogP contribution in [0.25, 0.3) is 0 Å². The monoisotopic (exact) mass is 213 g/mol. The number of carbonyl (C=O) groups excluding carboxylic acids is 1. The Kier molecular flexibility index (Phi) is 2.98.